The number of thiophene rings is 1. The number of nitrogens with zero attached hydrogens (tertiary/aromatic N) is 3. The second kappa shape index (κ2) is 9.74. The number of anilines is 2. The summed E-state index contributed by atoms with van der Waals surface area (Å²) in [6.45, 7) is 0.215. The van der Waals surface area contributed by atoms with Crippen molar-refractivity contribution in [3.05, 3.63) is 74.6 Å². The number of aryl methyl sites for hydroxylation is 1. The number of carbonyl (C=O) groups excluding carboxylic acids is 3. The fraction of sp³-hybridized carbons (Fsp3) is 0.130. The van der Waals surface area contributed by atoms with Crippen molar-refractivity contribution in [3.63, 3.8) is 0 Å². The quantitative estimate of drug-likeness (QED) is 0.359. The summed E-state index contributed by atoms with van der Waals surface area (Å²) in [5.41, 5.74) is 7.22. The van der Waals surface area contributed by atoms with Crippen LogP contribution >= 0.6 is 27.3 Å². The van der Waals surface area contributed by atoms with Crippen LogP contribution in [0.5, 0.6) is 0 Å². The van der Waals surface area contributed by atoms with Crippen LogP contribution in [-0.2, 0) is 11.3 Å². The highest BCUT2D eigenvalue weighted by Gasteiger charge is 2.19. The SMILES string of the molecule is CN(C(=O)c1cccc(F)c1)c1ccc2c(c1)nc(NC(=O)c1ccc(Br)s1)n2CCC(N)=O. The van der Waals surface area contributed by atoms with Crippen LogP contribution in [0, 0.1) is 5.82 Å². The molecule has 3 N–H and O–H groups in total. The molecule has 0 aliphatic heterocycles. The molecule has 0 radical (unpaired) electrons. The summed E-state index contributed by atoms with van der Waals surface area (Å²) in [4.78, 5) is 43.3. The number of nitrogens with two attached hydrogens (primary N) is 1. The van der Waals surface area contributed by atoms with Gasteiger partial charge in [0.15, 0.2) is 0 Å². The van der Waals surface area contributed by atoms with E-state index in [9.17, 15) is 18.8 Å². The Balaban J connectivity index is 1.68. The van der Waals surface area contributed by atoms with E-state index in [0.29, 0.717) is 21.6 Å². The van der Waals surface area contributed by atoms with Crippen molar-refractivity contribution in [2.75, 3.05) is 17.3 Å². The number of carbonyl (C=O) groups is 3. The van der Waals surface area contributed by atoms with Gasteiger partial charge in [-0.1, -0.05) is 6.07 Å². The summed E-state index contributed by atoms with van der Waals surface area (Å²) in [6.07, 6.45) is 0.0542. The number of rotatable bonds is 7. The smallest absolute Gasteiger partial charge is 0.268 e. The molecule has 0 aliphatic rings. The number of fused-ring (bicyclic) bond motifs is 1. The first kappa shape index (κ1) is 23.6. The Morgan fingerprint density at radius 2 is 1.97 bits per heavy atom. The van der Waals surface area contributed by atoms with Crippen molar-refractivity contribution in [1.29, 1.82) is 0 Å². The Labute approximate surface area is 206 Å². The summed E-state index contributed by atoms with van der Waals surface area (Å²) in [7, 11) is 1.58. The number of hydrogen-bond acceptors (Lipinski definition) is 5. The molecule has 11 heteroatoms. The maximum Gasteiger partial charge on any atom is 0.268 e. The number of halogens is 2. The lowest BCUT2D eigenvalue weighted by Gasteiger charge is -2.17. The number of hydrogen-bond donors (Lipinski definition) is 2. The largest absolute Gasteiger partial charge is 0.370 e. The lowest BCUT2D eigenvalue weighted by Crippen LogP contribution is -2.26. The highest BCUT2D eigenvalue weighted by molar-refractivity contribution is 9.11. The number of aromatic nitrogens is 2. The van der Waals surface area contributed by atoms with Gasteiger partial charge in [0.2, 0.25) is 11.9 Å². The van der Waals surface area contributed by atoms with E-state index in [4.69, 9.17) is 5.73 Å². The van der Waals surface area contributed by atoms with Gasteiger partial charge in [-0.3, -0.25) is 19.7 Å². The second-order valence-corrected chi connectivity index (χ2v) is 9.87. The van der Waals surface area contributed by atoms with E-state index in [1.807, 2.05) is 0 Å². The van der Waals surface area contributed by atoms with Gasteiger partial charge in [0.05, 0.1) is 19.7 Å². The first-order valence-electron chi connectivity index (χ1n) is 10.1. The molecule has 34 heavy (non-hydrogen) atoms. The van der Waals surface area contributed by atoms with E-state index < -0.39 is 11.7 Å². The third kappa shape index (κ3) is 5.00. The van der Waals surface area contributed by atoms with E-state index in [1.165, 1.54) is 40.5 Å². The van der Waals surface area contributed by atoms with Crippen LogP contribution in [0.1, 0.15) is 26.5 Å². The molecule has 2 heterocycles. The minimum atomic E-state index is -0.499. The highest BCUT2D eigenvalue weighted by atomic mass is 79.9. The summed E-state index contributed by atoms with van der Waals surface area (Å²) in [6, 6.07) is 14.1. The molecular weight excluding hydrogens is 525 g/mol. The third-order valence-corrected chi connectivity index (χ3v) is 6.72. The molecule has 0 unspecified atom stereocenters. The van der Waals surface area contributed by atoms with Crippen molar-refractivity contribution < 1.29 is 18.8 Å². The topological polar surface area (TPSA) is 110 Å². The lowest BCUT2D eigenvalue weighted by atomic mass is 10.1. The maximum absolute atomic E-state index is 13.6. The number of primary amides is 1. The van der Waals surface area contributed by atoms with E-state index in [-0.39, 0.29) is 36.3 Å². The molecule has 0 bridgehead atoms. The molecule has 4 aromatic rings. The van der Waals surface area contributed by atoms with Crippen molar-refractivity contribution in [2.45, 2.75) is 13.0 Å². The van der Waals surface area contributed by atoms with E-state index in [0.717, 1.165) is 3.79 Å². The van der Waals surface area contributed by atoms with Crippen molar-refractivity contribution in [3.8, 4) is 0 Å². The van der Waals surface area contributed by atoms with Crippen LogP contribution < -0.4 is 16.0 Å². The van der Waals surface area contributed by atoms with Gasteiger partial charge >= 0.3 is 0 Å². The van der Waals surface area contributed by atoms with Crippen LogP contribution in [0.15, 0.2) is 58.4 Å². The molecule has 2 aromatic carbocycles. The summed E-state index contributed by atoms with van der Waals surface area (Å²) >= 11 is 4.61. The van der Waals surface area contributed by atoms with Crippen LogP contribution in [0.2, 0.25) is 0 Å². The molecule has 0 aliphatic carbocycles. The normalized spacial score (nSPS) is 10.9. The predicted octanol–water partition coefficient (Wildman–Crippen LogP) is 4.40. The van der Waals surface area contributed by atoms with Gasteiger partial charge in [0.25, 0.3) is 11.8 Å². The minimum Gasteiger partial charge on any atom is -0.370 e. The number of amides is 3. The zero-order valence-corrected chi connectivity index (χ0v) is 20.3. The van der Waals surface area contributed by atoms with Gasteiger partial charge < -0.3 is 15.2 Å². The van der Waals surface area contributed by atoms with Gasteiger partial charge in [-0.15, -0.1) is 11.3 Å². The molecule has 174 valence electrons. The Hall–Kier alpha value is -3.57. The fourth-order valence-corrected chi connectivity index (χ4v) is 4.68. The maximum atomic E-state index is 13.6. The van der Waals surface area contributed by atoms with Crippen molar-refractivity contribution >= 4 is 67.7 Å². The lowest BCUT2D eigenvalue weighted by molar-refractivity contribution is -0.118. The van der Waals surface area contributed by atoms with Crippen LogP contribution in [-0.4, -0.2) is 34.3 Å². The molecular formula is C23H19BrFN5O3S. The fourth-order valence-electron chi connectivity index (χ4n) is 3.40. The molecule has 2 aromatic heterocycles. The molecule has 8 nitrogen and oxygen atoms in total. The van der Waals surface area contributed by atoms with Gasteiger partial charge in [-0.25, -0.2) is 9.37 Å². The summed E-state index contributed by atoms with van der Waals surface area (Å²) in [5, 5.41) is 2.79. The molecule has 3 amide bonds. The van der Waals surface area contributed by atoms with Crippen LogP contribution in [0.4, 0.5) is 16.0 Å². The van der Waals surface area contributed by atoms with Gasteiger partial charge in [0.1, 0.15) is 5.82 Å². The predicted molar refractivity (Wildman–Crippen MR) is 133 cm³/mol. The zero-order chi connectivity index (χ0) is 24.4. The molecule has 0 atom stereocenters. The Morgan fingerprint density at radius 3 is 2.65 bits per heavy atom. The monoisotopic (exact) mass is 543 g/mol. The first-order chi connectivity index (χ1) is 16.2. The van der Waals surface area contributed by atoms with E-state index in [2.05, 4.69) is 26.2 Å². The molecule has 0 saturated carbocycles. The summed E-state index contributed by atoms with van der Waals surface area (Å²) < 4.78 is 16.1. The minimum absolute atomic E-state index is 0.0542. The molecule has 4 rings (SSSR count). The van der Waals surface area contributed by atoms with Crippen LogP contribution in [0.25, 0.3) is 11.0 Å². The van der Waals surface area contributed by atoms with Gasteiger partial charge in [-0.2, -0.15) is 0 Å². The Kier molecular flexibility index (Phi) is 6.75. The zero-order valence-electron chi connectivity index (χ0n) is 17.9. The highest BCUT2D eigenvalue weighted by Crippen LogP contribution is 2.27. The third-order valence-electron chi connectivity index (χ3n) is 5.10. The standard InChI is InChI=1S/C23H19BrFN5O3S/c1-29(22(33)13-3-2-4-14(25)11-13)15-5-6-17-16(12-15)27-23(30(17)10-9-20(26)31)28-21(32)18-7-8-19(24)34-18/h2-8,11-12H,9-10H2,1H3,(H2,26,31)(H,27,28,32). The Bertz CT molecular complexity index is 1420. The molecule has 0 spiro atoms. The van der Waals surface area contributed by atoms with Crippen LogP contribution in [0.3, 0.4) is 0 Å². The number of benzene rings is 2. The molecule has 0 saturated heterocycles. The first-order valence-corrected chi connectivity index (χ1v) is 11.7. The second-order valence-electron chi connectivity index (χ2n) is 7.41. The average molecular weight is 544 g/mol. The molecule has 0 fully saturated rings. The number of imidazole rings is 1. The average Bonchev–Trinajstić information content (AvgIpc) is 3.39. The Morgan fingerprint density at radius 1 is 1.18 bits per heavy atom. The summed E-state index contributed by atoms with van der Waals surface area (Å²) in [5.74, 6) is -1.46. The van der Waals surface area contributed by atoms with Gasteiger partial charge in [0, 0.05) is 31.3 Å². The van der Waals surface area contributed by atoms with E-state index in [1.54, 1.807) is 41.9 Å². The van der Waals surface area contributed by atoms with Crippen molar-refractivity contribution in [2.24, 2.45) is 5.73 Å². The van der Waals surface area contributed by atoms with Gasteiger partial charge in [-0.05, 0) is 64.5 Å². The van der Waals surface area contributed by atoms with E-state index >= 15 is 0 Å². The number of nitrogens with one attached hydrogen (secondary N) is 1. The van der Waals surface area contributed by atoms with Crippen molar-refractivity contribution in [1.82, 2.24) is 9.55 Å².